The second kappa shape index (κ2) is 5.31. The van der Waals surface area contributed by atoms with Gasteiger partial charge in [0.1, 0.15) is 0 Å². The van der Waals surface area contributed by atoms with Gasteiger partial charge >= 0.3 is 0 Å². The number of benzene rings is 2. The standard InChI is InChI=1S/C17H20N4/c1-11-8-9-13(10-12(11)2)16(19-18)17-14-6-4-5-7-15(14)21(3)20-17/h4-10,16,19H,18H2,1-3H3. The van der Waals surface area contributed by atoms with Gasteiger partial charge in [0.15, 0.2) is 0 Å². The van der Waals surface area contributed by atoms with E-state index in [9.17, 15) is 0 Å². The van der Waals surface area contributed by atoms with Crippen molar-refractivity contribution in [2.75, 3.05) is 0 Å². The minimum atomic E-state index is -0.115. The molecule has 2 aromatic carbocycles. The molecule has 0 aliphatic carbocycles. The molecule has 0 amide bonds. The first-order valence-electron chi connectivity index (χ1n) is 7.06. The maximum atomic E-state index is 5.83. The molecule has 1 unspecified atom stereocenters. The van der Waals surface area contributed by atoms with E-state index >= 15 is 0 Å². The van der Waals surface area contributed by atoms with E-state index < -0.39 is 0 Å². The van der Waals surface area contributed by atoms with E-state index in [-0.39, 0.29) is 6.04 Å². The van der Waals surface area contributed by atoms with Crippen LogP contribution in [0, 0.1) is 13.8 Å². The Labute approximate surface area is 124 Å². The summed E-state index contributed by atoms with van der Waals surface area (Å²) in [5.41, 5.74) is 8.64. The Balaban J connectivity index is 2.16. The average Bonchev–Trinajstić information content (AvgIpc) is 2.82. The van der Waals surface area contributed by atoms with Crippen LogP contribution in [0.2, 0.25) is 0 Å². The summed E-state index contributed by atoms with van der Waals surface area (Å²) < 4.78 is 1.90. The first-order chi connectivity index (χ1) is 10.1. The lowest BCUT2D eigenvalue weighted by Crippen LogP contribution is -2.29. The molecule has 0 spiro atoms. The molecule has 4 nitrogen and oxygen atoms in total. The second-order valence-electron chi connectivity index (χ2n) is 5.47. The summed E-state index contributed by atoms with van der Waals surface area (Å²) in [6, 6.07) is 14.5. The van der Waals surface area contributed by atoms with Crippen molar-refractivity contribution in [3.63, 3.8) is 0 Å². The van der Waals surface area contributed by atoms with Gasteiger partial charge in [0.2, 0.25) is 0 Å². The molecule has 0 bridgehead atoms. The number of para-hydroxylation sites is 1. The Morgan fingerprint density at radius 1 is 1.10 bits per heavy atom. The number of aromatic nitrogens is 2. The van der Waals surface area contributed by atoms with Gasteiger partial charge in [-0.25, -0.2) is 5.43 Å². The number of hydrogen-bond donors (Lipinski definition) is 2. The molecule has 3 aromatic rings. The van der Waals surface area contributed by atoms with Crippen molar-refractivity contribution in [3.05, 3.63) is 64.8 Å². The van der Waals surface area contributed by atoms with Crippen LogP contribution in [0.25, 0.3) is 10.9 Å². The Kier molecular flexibility index (Phi) is 3.49. The second-order valence-corrected chi connectivity index (χ2v) is 5.47. The van der Waals surface area contributed by atoms with Gasteiger partial charge in [0.25, 0.3) is 0 Å². The molecule has 3 rings (SSSR count). The molecule has 0 radical (unpaired) electrons. The third-order valence-corrected chi connectivity index (χ3v) is 4.09. The molecule has 0 aliphatic rings. The van der Waals surface area contributed by atoms with Gasteiger partial charge in [-0.3, -0.25) is 10.5 Å². The molecule has 1 heterocycles. The molecule has 3 N–H and O–H groups in total. The van der Waals surface area contributed by atoms with Crippen LogP contribution in [0.1, 0.15) is 28.4 Å². The quantitative estimate of drug-likeness (QED) is 0.573. The number of hydrazine groups is 1. The zero-order chi connectivity index (χ0) is 15.0. The van der Waals surface area contributed by atoms with E-state index in [1.807, 2.05) is 23.9 Å². The van der Waals surface area contributed by atoms with Crippen molar-refractivity contribution in [1.82, 2.24) is 15.2 Å². The van der Waals surface area contributed by atoms with Crippen molar-refractivity contribution in [1.29, 1.82) is 0 Å². The van der Waals surface area contributed by atoms with Gasteiger partial charge in [-0.2, -0.15) is 5.10 Å². The van der Waals surface area contributed by atoms with Gasteiger partial charge in [-0.05, 0) is 36.6 Å². The number of nitrogens with one attached hydrogen (secondary N) is 1. The molecular weight excluding hydrogens is 260 g/mol. The SMILES string of the molecule is Cc1ccc(C(NN)c2nn(C)c3ccccc23)cc1C. The number of nitrogens with zero attached hydrogens (tertiary/aromatic N) is 2. The fourth-order valence-electron chi connectivity index (χ4n) is 2.73. The van der Waals surface area contributed by atoms with Crippen molar-refractivity contribution >= 4 is 10.9 Å². The minimum absolute atomic E-state index is 0.115. The number of hydrogen-bond acceptors (Lipinski definition) is 3. The van der Waals surface area contributed by atoms with E-state index in [0.717, 1.165) is 22.2 Å². The lowest BCUT2D eigenvalue weighted by atomic mass is 9.98. The highest BCUT2D eigenvalue weighted by molar-refractivity contribution is 5.82. The first-order valence-corrected chi connectivity index (χ1v) is 7.06. The highest BCUT2D eigenvalue weighted by Gasteiger charge is 2.19. The topological polar surface area (TPSA) is 55.9 Å². The summed E-state index contributed by atoms with van der Waals surface area (Å²) in [5.74, 6) is 5.83. The lowest BCUT2D eigenvalue weighted by Gasteiger charge is -2.16. The third-order valence-electron chi connectivity index (χ3n) is 4.09. The summed E-state index contributed by atoms with van der Waals surface area (Å²) in [6.45, 7) is 4.23. The Bertz CT molecular complexity index is 789. The minimum Gasteiger partial charge on any atom is -0.271 e. The molecule has 0 saturated heterocycles. The normalized spacial score (nSPS) is 12.8. The van der Waals surface area contributed by atoms with Gasteiger partial charge < -0.3 is 0 Å². The van der Waals surface area contributed by atoms with Crippen LogP contribution in [-0.4, -0.2) is 9.78 Å². The van der Waals surface area contributed by atoms with E-state index in [1.54, 1.807) is 0 Å². The zero-order valence-corrected chi connectivity index (χ0v) is 12.6. The van der Waals surface area contributed by atoms with E-state index in [0.29, 0.717) is 0 Å². The number of rotatable bonds is 3. The Hall–Kier alpha value is -2.17. The van der Waals surface area contributed by atoms with Crippen LogP contribution in [-0.2, 0) is 7.05 Å². The molecule has 4 heteroatoms. The van der Waals surface area contributed by atoms with Crippen LogP contribution in [0.15, 0.2) is 42.5 Å². The molecule has 0 saturated carbocycles. The van der Waals surface area contributed by atoms with Crippen molar-refractivity contribution in [3.8, 4) is 0 Å². The van der Waals surface area contributed by atoms with Gasteiger partial charge in [0.05, 0.1) is 17.3 Å². The monoisotopic (exact) mass is 280 g/mol. The number of nitrogens with two attached hydrogens (primary N) is 1. The predicted molar refractivity (Wildman–Crippen MR) is 85.8 cm³/mol. The lowest BCUT2D eigenvalue weighted by molar-refractivity contribution is 0.607. The largest absolute Gasteiger partial charge is 0.271 e. The van der Waals surface area contributed by atoms with Crippen molar-refractivity contribution in [2.24, 2.45) is 12.9 Å². The maximum Gasteiger partial charge on any atom is 0.0930 e. The summed E-state index contributed by atoms with van der Waals surface area (Å²) >= 11 is 0. The zero-order valence-electron chi connectivity index (χ0n) is 12.6. The van der Waals surface area contributed by atoms with Gasteiger partial charge in [0, 0.05) is 12.4 Å². The molecule has 108 valence electrons. The third kappa shape index (κ3) is 2.33. The Morgan fingerprint density at radius 2 is 1.86 bits per heavy atom. The molecule has 1 aromatic heterocycles. The number of fused-ring (bicyclic) bond motifs is 1. The molecular formula is C17H20N4. The smallest absolute Gasteiger partial charge is 0.0930 e. The molecule has 0 aliphatic heterocycles. The first kappa shape index (κ1) is 13.8. The maximum absolute atomic E-state index is 5.83. The highest BCUT2D eigenvalue weighted by atomic mass is 15.3. The summed E-state index contributed by atoms with van der Waals surface area (Å²) in [6.07, 6.45) is 0. The van der Waals surface area contributed by atoms with Crippen LogP contribution in [0.5, 0.6) is 0 Å². The molecule has 21 heavy (non-hydrogen) atoms. The summed E-state index contributed by atoms with van der Waals surface area (Å²) in [5, 5.41) is 5.79. The average molecular weight is 280 g/mol. The van der Waals surface area contributed by atoms with E-state index in [4.69, 9.17) is 5.84 Å². The van der Waals surface area contributed by atoms with Gasteiger partial charge in [-0.1, -0.05) is 36.4 Å². The van der Waals surface area contributed by atoms with Gasteiger partial charge in [-0.15, -0.1) is 0 Å². The van der Waals surface area contributed by atoms with Crippen LogP contribution < -0.4 is 11.3 Å². The fourth-order valence-corrected chi connectivity index (χ4v) is 2.73. The molecule has 0 fully saturated rings. The highest BCUT2D eigenvalue weighted by Crippen LogP contribution is 2.28. The summed E-state index contributed by atoms with van der Waals surface area (Å²) in [7, 11) is 1.96. The molecule has 1 atom stereocenters. The summed E-state index contributed by atoms with van der Waals surface area (Å²) in [4.78, 5) is 0. The van der Waals surface area contributed by atoms with Crippen molar-refractivity contribution in [2.45, 2.75) is 19.9 Å². The fraction of sp³-hybridized carbons (Fsp3) is 0.235. The van der Waals surface area contributed by atoms with E-state index in [2.05, 4.69) is 54.7 Å². The van der Waals surface area contributed by atoms with Crippen LogP contribution in [0.4, 0.5) is 0 Å². The predicted octanol–water partition coefficient (Wildman–Crippen LogP) is 2.74. The van der Waals surface area contributed by atoms with Crippen LogP contribution in [0.3, 0.4) is 0 Å². The van der Waals surface area contributed by atoms with Crippen molar-refractivity contribution < 1.29 is 0 Å². The van der Waals surface area contributed by atoms with Crippen LogP contribution >= 0.6 is 0 Å². The number of aryl methyl sites for hydroxylation is 3. The Morgan fingerprint density at radius 3 is 2.57 bits per heavy atom. The van der Waals surface area contributed by atoms with E-state index in [1.165, 1.54) is 11.1 Å².